The Hall–Kier alpha value is -1.22. The fourth-order valence-electron chi connectivity index (χ4n) is 2.56. The lowest BCUT2D eigenvalue weighted by molar-refractivity contribution is 0.383. The molecule has 1 aliphatic rings. The molecule has 2 rings (SSSR count). The number of benzene rings is 1. The zero-order valence-corrected chi connectivity index (χ0v) is 12.6. The van der Waals surface area contributed by atoms with Crippen LogP contribution in [0.2, 0.25) is 0 Å². The van der Waals surface area contributed by atoms with E-state index in [0.29, 0.717) is 0 Å². The third-order valence-corrected chi connectivity index (χ3v) is 3.63. The number of rotatable bonds is 4. The quantitative estimate of drug-likeness (QED) is 0.903. The average molecular weight is 262 g/mol. The third-order valence-electron chi connectivity index (χ3n) is 3.63. The Bertz CT molecular complexity index is 411. The van der Waals surface area contributed by atoms with Crippen LogP contribution in [0.5, 0.6) is 5.75 Å². The molecule has 0 amide bonds. The Labute approximate surface area is 116 Å². The van der Waals surface area contributed by atoms with Crippen molar-refractivity contribution in [1.29, 1.82) is 0 Å². The van der Waals surface area contributed by atoms with Crippen molar-refractivity contribution in [3.05, 3.63) is 24.3 Å². The van der Waals surface area contributed by atoms with Crippen molar-refractivity contribution in [2.24, 2.45) is 5.92 Å². The van der Waals surface area contributed by atoms with Gasteiger partial charge in [-0.05, 0) is 45.2 Å². The van der Waals surface area contributed by atoms with Crippen molar-refractivity contribution in [2.75, 3.05) is 31.6 Å². The molecule has 1 atom stereocenters. The van der Waals surface area contributed by atoms with Gasteiger partial charge in [0, 0.05) is 25.2 Å². The molecule has 0 aliphatic carbocycles. The topological polar surface area (TPSA) is 24.5 Å². The minimum absolute atomic E-state index is 0.206. The van der Waals surface area contributed by atoms with Crippen molar-refractivity contribution < 1.29 is 4.74 Å². The van der Waals surface area contributed by atoms with Crippen LogP contribution in [0.1, 0.15) is 27.2 Å². The van der Waals surface area contributed by atoms with Crippen LogP contribution in [0.15, 0.2) is 24.3 Å². The molecule has 106 valence electrons. The van der Waals surface area contributed by atoms with E-state index in [1.165, 1.54) is 12.1 Å². The molecule has 19 heavy (non-hydrogen) atoms. The van der Waals surface area contributed by atoms with E-state index in [1.807, 2.05) is 12.1 Å². The minimum atomic E-state index is 0.206. The molecule has 1 aliphatic heterocycles. The molecule has 1 N–H and O–H groups in total. The lowest BCUT2D eigenvalue weighted by Crippen LogP contribution is -2.39. The van der Waals surface area contributed by atoms with Crippen LogP contribution < -0.4 is 15.0 Å². The summed E-state index contributed by atoms with van der Waals surface area (Å²) in [5.41, 5.74) is 1.43. The van der Waals surface area contributed by atoms with Gasteiger partial charge in [-0.3, -0.25) is 0 Å². The van der Waals surface area contributed by atoms with E-state index in [4.69, 9.17) is 4.74 Å². The van der Waals surface area contributed by atoms with E-state index in [2.05, 4.69) is 43.1 Å². The van der Waals surface area contributed by atoms with Crippen molar-refractivity contribution in [3.8, 4) is 5.75 Å². The molecule has 0 saturated carbocycles. The zero-order valence-electron chi connectivity index (χ0n) is 12.6. The molecule has 0 radical (unpaired) electrons. The fraction of sp³-hybridized carbons (Fsp3) is 0.625. The zero-order chi connectivity index (χ0) is 13.9. The van der Waals surface area contributed by atoms with Gasteiger partial charge in [0.2, 0.25) is 0 Å². The van der Waals surface area contributed by atoms with Crippen LogP contribution in [-0.4, -0.2) is 32.3 Å². The van der Waals surface area contributed by atoms with Crippen LogP contribution in [0, 0.1) is 5.92 Å². The second-order valence-electron chi connectivity index (χ2n) is 6.40. The minimum Gasteiger partial charge on any atom is -0.495 e. The molecule has 1 saturated heterocycles. The molecule has 1 aromatic carbocycles. The first kappa shape index (κ1) is 14.2. The number of nitrogens with zero attached hydrogens (tertiary/aromatic N) is 1. The van der Waals surface area contributed by atoms with Gasteiger partial charge in [-0.1, -0.05) is 12.1 Å². The van der Waals surface area contributed by atoms with Crippen LogP contribution >= 0.6 is 0 Å². The lowest BCUT2D eigenvalue weighted by Gasteiger charge is -2.24. The Kier molecular flexibility index (Phi) is 4.35. The first-order valence-electron chi connectivity index (χ1n) is 7.12. The van der Waals surface area contributed by atoms with Gasteiger partial charge in [-0.15, -0.1) is 0 Å². The van der Waals surface area contributed by atoms with Crippen LogP contribution in [0.25, 0.3) is 0 Å². The van der Waals surface area contributed by atoms with Gasteiger partial charge in [0.15, 0.2) is 0 Å². The normalized spacial score (nSPS) is 19.8. The summed E-state index contributed by atoms with van der Waals surface area (Å²) in [6.45, 7) is 10.00. The van der Waals surface area contributed by atoms with Gasteiger partial charge >= 0.3 is 0 Å². The van der Waals surface area contributed by atoms with Gasteiger partial charge in [0.05, 0.1) is 12.8 Å². The molecule has 3 heteroatoms. The first-order chi connectivity index (χ1) is 8.99. The molecule has 0 spiro atoms. The van der Waals surface area contributed by atoms with Gasteiger partial charge < -0.3 is 15.0 Å². The molecule has 1 heterocycles. The Morgan fingerprint density at radius 3 is 2.74 bits per heavy atom. The predicted octanol–water partition coefficient (Wildman–Crippen LogP) is 2.91. The molecule has 1 fully saturated rings. The molecule has 0 aromatic heterocycles. The average Bonchev–Trinajstić information content (AvgIpc) is 2.84. The summed E-state index contributed by atoms with van der Waals surface area (Å²) in [5, 5.41) is 3.61. The number of ether oxygens (including phenoxy) is 1. The van der Waals surface area contributed by atoms with E-state index >= 15 is 0 Å². The van der Waals surface area contributed by atoms with E-state index in [9.17, 15) is 0 Å². The summed E-state index contributed by atoms with van der Waals surface area (Å²) in [6.07, 6.45) is 1.25. The molecule has 1 aromatic rings. The Morgan fingerprint density at radius 1 is 1.32 bits per heavy atom. The first-order valence-corrected chi connectivity index (χ1v) is 7.12. The summed E-state index contributed by atoms with van der Waals surface area (Å²) in [6, 6.07) is 8.30. The fourth-order valence-corrected chi connectivity index (χ4v) is 2.56. The number of hydrogen-bond donors (Lipinski definition) is 1. The Balaban J connectivity index is 1.94. The maximum atomic E-state index is 5.45. The summed E-state index contributed by atoms with van der Waals surface area (Å²) < 4.78 is 5.45. The van der Waals surface area contributed by atoms with Crippen LogP contribution in [0.4, 0.5) is 5.69 Å². The molecular formula is C16H26N2O. The summed E-state index contributed by atoms with van der Waals surface area (Å²) in [4.78, 5) is 2.44. The van der Waals surface area contributed by atoms with Crippen molar-refractivity contribution in [2.45, 2.75) is 32.7 Å². The van der Waals surface area contributed by atoms with Crippen molar-refractivity contribution in [1.82, 2.24) is 5.32 Å². The highest BCUT2D eigenvalue weighted by Gasteiger charge is 2.25. The van der Waals surface area contributed by atoms with Gasteiger partial charge in [-0.2, -0.15) is 0 Å². The molecule has 0 bridgehead atoms. The highest BCUT2D eigenvalue weighted by molar-refractivity contribution is 5.59. The van der Waals surface area contributed by atoms with Crippen molar-refractivity contribution in [3.63, 3.8) is 0 Å². The van der Waals surface area contributed by atoms with Crippen LogP contribution in [-0.2, 0) is 0 Å². The smallest absolute Gasteiger partial charge is 0.142 e. The number of para-hydroxylation sites is 2. The van der Waals surface area contributed by atoms with E-state index in [0.717, 1.165) is 31.3 Å². The number of nitrogens with one attached hydrogen (secondary N) is 1. The van der Waals surface area contributed by atoms with Gasteiger partial charge in [0.1, 0.15) is 5.75 Å². The summed E-state index contributed by atoms with van der Waals surface area (Å²) in [7, 11) is 1.74. The lowest BCUT2D eigenvalue weighted by atomic mass is 10.1. The number of anilines is 1. The SMILES string of the molecule is COc1ccccc1N1CCC(CNC(C)(C)C)C1. The van der Waals surface area contributed by atoms with Gasteiger partial charge in [0.25, 0.3) is 0 Å². The molecule has 1 unspecified atom stereocenters. The predicted molar refractivity (Wildman–Crippen MR) is 81.1 cm³/mol. The molecule has 3 nitrogen and oxygen atoms in total. The highest BCUT2D eigenvalue weighted by atomic mass is 16.5. The summed E-state index contributed by atoms with van der Waals surface area (Å²) in [5.74, 6) is 1.70. The maximum Gasteiger partial charge on any atom is 0.142 e. The van der Waals surface area contributed by atoms with E-state index in [1.54, 1.807) is 7.11 Å². The third kappa shape index (κ3) is 3.87. The monoisotopic (exact) mass is 262 g/mol. The second-order valence-corrected chi connectivity index (χ2v) is 6.40. The molecular weight excluding hydrogens is 236 g/mol. The van der Waals surface area contributed by atoms with Crippen LogP contribution in [0.3, 0.4) is 0 Å². The highest BCUT2D eigenvalue weighted by Crippen LogP contribution is 2.31. The van der Waals surface area contributed by atoms with Crippen molar-refractivity contribution >= 4 is 5.69 Å². The standard InChI is InChI=1S/C16H26N2O/c1-16(2,3)17-11-13-9-10-18(12-13)14-7-5-6-8-15(14)19-4/h5-8,13,17H,9-12H2,1-4H3. The summed E-state index contributed by atoms with van der Waals surface area (Å²) >= 11 is 0. The van der Waals surface area contributed by atoms with E-state index < -0.39 is 0 Å². The largest absolute Gasteiger partial charge is 0.495 e. The maximum absolute atomic E-state index is 5.45. The Morgan fingerprint density at radius 2 is 2.05 bits per heavy atom. The number of methoxy groups -OCH3 is 1. The van der Waals surface area contributed by atoms with E-state index in [-0.39, 0.29) is 5.54 Å². The van der Waals surface area contributed by atoms with Gasteiger partial charge in [-0.25, -0.2) is 0 Å². The second kappa shape index (κ2) is 5.83. The number of hydrogen-bond acceptors (Lipinski definition) is 3.